The highest BCUT2D eigenvalue weighted by Crippen LogP contribution is 2.43. The van der Waals surface area contributed by atoms with Crippen LogP contribution in [0.25, 0.3) is 0 Å². The number of nitrogens with one attached hydrogen (secondary N) is 2. The molecule has 188 valence electrons. The average Bonchev–Trinajstić information content (AvgIpc) is 2.85. The minimum absolute atomic E-state index is 0.0214. The molecule has 2 N–H and O–H groups in total. The molecule has 0 aliphatic heterocycles. The zero-order valence-electron chi connectivity index (χ0n) is 18.4. The van der Waals surface area contributed by atoms with Crippen molar-refractivity contribution in [3.05, 3.63) is 97.8 Å². The Morgan fingerprint density at radius 2 is 1.94 bits per heavy atom. The van der Waals surface area contributed by atoms with Crippen LogP contribution in [0.1, 0.15) is 35.7 Å². The number of para-hydroxylation sites is 1. The standard InChI is InChI=1S/C23H19Cl2FN4O5S/c24-15-8-7-14(17(25)12-15)13-28-22(31)23(26)10-9-18(21-16(23)4-3-11-27-21)29-36(34,35)20-6-2-1-5-19(20)30(32)33/h1-8,11-12,18,29H,9-10,13H2,(H,28,31)/t18-,23+/m1/s1. The van der Waals surface area contributed by atoms with Crippen LogP contribution in [0.4, 0.5) is 10.1 Å². The first-order valence-electron chi connectivity index (χ1n) is 10.7. The highest BCUT2D eigenvalue weighted by molar-refractivity contribution is 7.89. The molecule has 0 saturated carbocycles. The maximum atomic E-state index is 16.2. The zero-order chi connectivity index (χ0) is 26.1. The molecule has 1 amide bonds. The summed E-state index contributed by atoms with van der Waals surface area (Å²) in [4.78, 5) is 27.1. The maximum Gasteiger partial charge on any atom is 0.289 e. The predicted molar refractivity (Wildman–Crippen MR) is 131 cm³/mol. The van der Waals surface area contributed by atoms with Gasteiger partial charge in [0, 0.05) is 34.4 Å². The summed E-state index contributed by atoms with van der Waals surface area (Å²) in [7, 11) is -4.37. The number of alkyl halides is 1. The van der Waals surface area contributed by atoms with E-state index in [0.29, 0.717) is 15.6 Å². The fourth-order valence-electron chi connectivity index (χ4n) is 4.06. The number of benzene rings is 2. The molecule has 2 atom stereocenters. The van der Waals surface area contributed by atoms with E-state index in [0.717, 1.165) is 12.1 Å². The smallest absolute Gasteiger partial charge is 0.289 e. The summed E-state index contributed by atoms with van der Waals surface area (Å²) in [6.07, 6.45) is 0.883. The minimum Gasteiger partial charge on any atom is -0.349 e. The van der Waals surface area contributed by atoms with Gasteiger partial charge in [0.15, 0.2) is 4.90 Å². The SMILES string of the molecule is O=C(NCc1ccc(Cl)cc1Cl)[C@]1(F)CC[C@@H](NS(=O)(=O)c2ccccc2[N+](=O)[O-])c2ncccc21. The van der Waals surface area contributed by atoms with Gasteiger partial charge in [-0.3, -0.25) is 19.9 Å². The number of hydrogen-bond donors (Lipinski definition) is 2. The molecule has 0 radical (unpaired) electrons. The molecular weight excluding hydrogens is 534 g/mol. The topological polar surface area (TPSA) is 131 Å². The number of rotatable bonds is 7. The fraction of sp³-hybridized carbons (Fsp3) is 0.217. The van der Waals surface area contributed by atoms with Gasteiger partial charge in [0.2, 0.25) is 15.7 Å². The second-order valence-electron chi connectivity index (χ2n) is 8.09. The van der Waals surface area contributed by atoms with Crippen molar-refractivity contribution in [1.82, 2.24) is 15.0 Å². The number of fused-ring (bicyclic) bond motifs is 1. The van der Waals surface area contributed by atoms with Crippen LogP contribution in [0.3, 0.4) is 0 Å². The number of halogens is 3. The zero-order valence-corrected chi connectivity index (χ0v) is 20.8. The van der Waals surface area contributed by atoms with E-state index in [1.54, 1.807) is 12.1 Å². The lowest BCUT2D eigenvalue weighted by atomic mass is 9.80. The lowest BCUT2D eigenvalue weighted by Crippen LogP contribution is -2.46. The van der Waals surface area contributed by atoms with E-state index < -0.39 is 43.1 Å². The Morgan fingerprint density at radius 3 is 2.67 bits per heavy atom. The summed E-state index contributed by atoms with van der Waals surface area (Å²) in [5.74, 6) is -0.928. The summed E-state index contributed by atoms with van der Waals surface area (Å²) in [6, 6.07) is 11.4. The molecule has 13 heteroatoms. The first-order chi connectivity index (χ1) is 17.0. The average molecular weight is 553 g/mol. The van der Waals surface area contributed by atoms with Crippen molar-refractivity contribution < 1.29 is 22.5 Å². The summed E-state index contributed by atoms with van der Waals surface area (Å²) in [5, 5.41) is 14.6. The number of nitro groups is 1. The van der Waals surface area contributed by atoms with Crippen LogP contribution in [0.15, 0.2) is 65.7 Å². The predicted octanol–water partition coefficient (Wildman–Crippen LogP) is 4.59. The summed E-state index contributed by atoms with van der Waals surface area (Å²) in [5.41, 5.74) is -2.61. The van der Waals surface area contributed by atoms with Gasteiger partial charge >= 0.3 is 0 Å². The van der Waals surface area contributed by atoms with Gasteiger partial charge in [0.25, 0.3) is 11.6 Å². The van der Waals surface area contributed by atoms with Crippen molar-refractivity contribution in [3.63, 3.8) is 0 Å². The number of carbonyl (C=O) groups is 1. The van der Waals surface area contributed by atoms with Gasteiger partial charge in [-0.15, -0.1) is 0 Å². The van der Waals surface area contributed by atoms with E-state index in [-0.39, 0.29) is 30.6 Å². The number of sulfonamides is 1. The number of nitro benzene ring substituents is 1. The lowest BCUT2D eigenvalue weighted by molar-refractivity contribution is -0.387. The van der Waals surface area contributed by atoms with E-state index in [9.17, 15) is 23.3 Å². The lowest BCUT2D eigenvalue weighted by Gasteiger charge is -2.34. The van der Waals surface area contributed by atoms with Gasteiger partial charge in [-0.25, -0.2) is 17.5 Å². The second-order valence-corrected chi connectivity index (χ2v) is 10.6. The third-order valence-corrected chi connectivity index (χ3v) is 7.94. The largest absolute Gasteiger partial charge is 0.349 e. The molecule has 0 fully saturated rings. The maximum absolute atomic E-state index is 16.2. The van der Waals surface area contributed by atoms with Crippen LogP contribution in [0.2, 0.25) is 10.0 Å². The number of hydrogen-bond acceptors (Lipinski definition) is 6. The number of carbonyl (C=O) groups excluding carboxylic acids is 1. The third-order valence-electron chi connectivity index (χ3n) is 5.84. The number of amides is 1. The quantitative estimate of drug-likeness (QED) is 0.325. The number of aromatic nitrogens is 1. The molecule has 1 heterocycles. The molecule has 1 aliphatic carbocycles. The Labute approximate surface area is 215 Å². The van der Waals surface area contributed by atoms with Crippen molar-refractivity contribution in [2.24, 2.45) is 0 Å². The Balaban J connectivity index is 1.59. The van der Waals surface area contributed by atoms with E-state index >= 15 is 4.39 Å². The monoisotopic (exact) mass is 552 g/mol. The molecule has 36 heavy (non-hydrogen) atoms. The minimum atomic E-state index is -4.37. The van der Waals surface area contributed by atoms with Crippen LogP contribution in [0.5, 0.6) is 0 Å². The Morgan fingerprint density at radius 1 is 1.19 bits per heavy atom. The van der Waals surface area contributed by atoms with Crippen LogP contribution in [-0.2, 0) is 27.0 Å². The van der Waals surface area contributed by atoms with Crippen LogP contribution < -0.4 is 10.0 Å². The van der Waals surface area contributed by atoms with Crippen LogP contribution in [-0.4, -0.2) is 24.2 Å². The fourth-order valence-corrected chi connectivity index (χ4v) is 5.94. The second kappa shape index (κ2) is 10.1. The first kappa shape index (κ1) is 26.0. The van der Waals surface area contributed by atoms with Gasteiger partial charge in [-0.1, -0.05) is 47.5 Å². The van der Waals surface area contributed by atoms with Crippen molar-refractivity contribution >= 4 is 44.8 Å². The normalized spacial score (nSPS) is 19.4. The number of pyridine rings is 1. The Hall–Kier alpha value is -3.12. The van der Waals surface area contributed by atoms with Gasteiger partial charge in [-0.2, -0.15) is 0 Å². The summed E-state index contributed by atoms with van der Waals surface area (Å²) >= 11 is 12.0. The molecule has 3 aromatic rings. The highest BCUT2D eigenvalue weighted by atomic mass is 35.5. The third kappa shape index (κ3) is 5.05. The Bertz CT molecular complexity index is 1460. The van der Waals surface area contributed by atoms with Crippen molar-refractivity contribution in [3.8, 4) is 0 Å². The Kier molecular flexibility index (Phi) is 7.28. The molecule has 0 spiro atoms. The molecule has 0 bridgehead atoms. The van der Waals surface area contributed by atoms with Gasteiger partial charge in [0.1, 0.15) is 0 Å². The van der Waals surface area contributed by atoms with E-state index in [1.165, 1.54) is 36.5 Å². The van der Waals surface area contributed by atoms with Crippen molar-refractivity contribution in [1.29, 1.82) is 0 Å². The summed E-state index contributed by atoms with van der Waals surface area (Å²) < 4.78 is 44.6. The molecule has 0 saturated heterocycles. The molecule has 1 aromatic heterocycles. The van der Waals surface area contributed by atoms with Gasteiger partial charge in [-0.05, 0) is 42.7 Å². The van der Waals surface area contributed by atoms with Crippen molar-refractivity contribution in [2.45, 2.75) is 36.0 Å². The van der Waals surface area contributed by atoms with Gasteiger partial charge < -0.3 is 5.32 Å². The molecule has 9 nitrogen and oxygen atoms in total. The molecule has 1 aliphatic rings. The van der Waals surface area contributed by atoms with Crippen LogP contribution >= 0.6 is 23.2 Å². The molecule has 4 rings (SSSR count). The molecule has 0 unspecified atom stereocenters. The van der Waals surface area contributed by atoms with E-state index in [1.807, 2.05) is 0 Å². The first-order valence-corrected chi connectivity index (χ1v) is 12.9. The highest BCUT2D eigenvalue weighted by Gasteiger charge is 2.48. The van der Waals surface area contributed by atoms with Crippen LogP contribution in [0, 0.1) is 10.1 Å². The number of nitrogens with zero attached hydrogens (tertiary/aromatic N) is 2. The molecule has 2 aromatic carbocycles. The van der Waals surface area contributed by atoms with E-state index in [2.05, 4.69) is 15.0 Å². The van der Waals surface area contributed by atoms with Crippen molar-refractivity contribution in [2.75, 3.05) is 0 Å². The molecular formula is C23H19Cl2FN4O5S. The summed E-state index contributed by atoms with van der Waals surface area (Å²) in [6.45, 7) is -0.0518. The van der Waals surface area contributed by atoms with Gasteiger partial charge in [0.05, 0.1) is 16.7 Å². The van der Waals surface area contributed by atoms with E-state index in [4.69, 9.17) is 23.2 Å².